The smallest absolute Gasteiger partial charge is 0.182 e. The second kappa shape index (κ2) is 3.23. The highest BCUT2D eigenvalue weighted by Crippen LogP contribution is 2.19. The molecule has 0 aliphatic rings. The number of hydrogen-bond acceptors (Lipinski definition) is 5. The Balaban J connectivity index is 2.64. The van der Waals surface area contributed by atoms with Gasteiger partial charge in [0.05, 0.1) is 5.69 Å². The number of anilines is 2. The van der Waals surface area contributed by atoms with E-state index in [1.807, 2.05) is 19.9 Å². The maximum Gasteiger partial charge on any atom is 0.182 e. The first-order valence-corrected chi connectivity index (χ1v) is 4.49. The Morgan fingerprint density at radius 1 is 1.20 bits per heavy atom. The number of hydrogen-bond donors (Lipinski definition) is 2. The summed E-state index contributed by atoms with van der Waals surface area (Å²) in [7, 11) is 0. The Labute approximate surface area is 86.9 Å². The van der Waals surface area contributed by atoms with Crippen LogP contribution in [0, 0.1) is 13.8 Å². The minimum atomic E-state index is 0.271. The summed E-state index contributed by atoms with van der Waals surface area (Å²) in [5.41, 5.74) is 13.6. The molecule has 0 bridgehead atoms. The van der Waals surface area contributed by atoms with E-state index >= 15 is 0 Å². The predicted octanol–water partition coefficient (Wildman–Crippen LogP) is 0.444. The first kappa shape index (κ1) is 9.45. The van der Waals surface area contributed by atoms with Crippen LogP contribution in [0.2, 0.25) is 0 Å². The molecule has 2 rings (SSSR count). The summed E-state index contributed by atoms with van der Waals surface area (Å²) in [6, 6.07) is 1.94. The molecule has 6 nitrogen and oxygen atoms in total. The molecule has 0 aromatic carbocycles. The van der Waals surface area contributed by atoms with Gasteiger partial charge >= 0.3 is 0 Å². The van der Waals surface area contributed by atoms with Crippen LogP contribution in [0.4, 0.5) is 11.5 Å². The van der Waals surface area contributed by atoms with Crippen molar-refractivity contribution in [2.75, 3.05) is 11.5 Å². The van der Waals surface area contributed by atoms with Gasteiger partial charge in [0.15, 0.2) is 11.6 Å². The van der Waals surface area contributed by atoms with E-state index < -0.39 is 0 Å². The molecular weight excluding hydrogens is 192 g/mol. The summed E-state index contributed by atoms with van der Waals surface area (Å²) in [5.74, 6) is 0.792. The van der Waals surface area contributed by atoms with Crippen LogP contribution in [0.15, 0.2) is 12.4 Å². The molecule has 4 N–H and O–H groups in total. The molecule has 2 aromatic rings. The Bertz CT molecular complexity index is 501. The van der Waals surface area contributed by atoms with Crippen LogP contribution < -0.4 is 11.5 Å². The van der Waals surface area contributed by atoms with Crippen LogP contribution in [0.25, 0.3) is 5.82 Å². The molecule has 0 aliphatic heterocycles. The molecule has 0 fully saturated rings. The molecule has 0 unspecified atom stereocenters. The normalized spacial score (nSPS) is 10.5. The monoisotopic (exact) mass is 204 g/mol. The van der Waals surface area contributed by atoms with E-state index in [4.69, 9.17) is 11.5 Å². The third-order valence-corrected chi connectivity index (χ3v) is 2.10. The summed E-state index contributed by atoms with van der Waals surface area (Å²) < 4.78 is 1.66. The maximum atomic E-state index is 5.78. The van der Waals surface area contributed by atoms with Crippen molar-refractivity contribution in [1.82, 2.24) is 19.7 Å². The van der Waals surface area contributed by atoms with Crippen LogP contribution in [0.3, 0.4) is 0 Å². The van der Waals surface area contributed by atoms with Crippen molar-refractivity contribution in [2.24, 2.45) is 0 Å². The Hall–Kier alpha value is -2.11. The lowest BCUT2D eigenvalue weighted by Gasteiger charge is -2.07. The third-order valence-electron chi connectivity index (χ3n) is 2.10. The van der Waals surface area contributed by atoms with E-state index in [0.717, 1.165) is 11.4 Å². The van der Waals surface area contributed by atoms with E-state index in [1.54, 1.807) is 4.68 Å². The maximum absolute atomic E-state index is 5.78. The van der Waals surface area contributed by atoms with Gasteiger partial charge in [-0.3, -0.25) is 0 Å². The summed E-state index contributed by atoms with van der Waals surface area (Å²) in [6.07, 6.45) is 1.37. The molecule has 2 heterocycles. The van der Waals surface area contributed by atoms with Gasteiger partial charge in [-0.2, -0.15) is 5.10 Å². The van der Waals surface area contributed by atoms with Gasteiger partial charge < -0.3 is 11.5 Å². The minimum Gasteiger partial charge on any atom is -0.393 e. The van der Waals surface area contributed by atoms with Gasteiger partial charge in [-0.15, -0.1) is 0 Å². The first-order chi connectivity index (χ1) is 7.09. The van der Waals surface area contributed by atoms with Crippen molar-refractivity contribution < 1.29 is 0 Å². The lowest BCUT2D eigenvalue weighted by Crippen LogP contribution is -2.09. The molecule has 0 spiro atoms. The topological polar surface area (TPSA) is 95.6 Å². The predicted molar refractivity (Wildman–Crippen MR) is 57.5 cm³/mol. The molecule has 0 saturated heterocycles. The van der Waals surface area contributed by atoms with Crippen LogP contribution in [0.5, 0.6) is 0 Å². The second-order valence-corrected chi connectivity index (χ2v) is 3.34. The van der Waals surface area contributed by atoms with Crippen molar-refractivity contribution in [3.63, 3.8) is 0 Å². The Kier molecular flexibility index (Phi) is 2.03. The molecule has 0 amide bonds. The Morgan fingerprint density at radius 3 is 2.53 bits per heavy atom. The van der Waals surface area contributed by atoms with Gasteiger partial charge in [0.2, 0.25) is 0 Å². The second-order valence-electron chi connectivity index (χ2n) is 3.34. The highest BCUT2D eigenvalue weighted by molar-refractivity contribution is 5.66. The molecular formula is C9H12N6. The van der Waals surface area contributed by atoms with Crippen LogP contribution in [-0.2, 0) is 0 Å². The van der Waals surface area contributed by atoms with Crippen molar-refractivity contribution >= 4 is 11.5 Å². The largest absolute Gasteiger partial charge is 0.393 e. The zero-order valence-corrected chi connectivity index (χ0v) is 8.60. The average molecular weight is 204 g/mol. The first-order valence-electron chi connectivity index (χ1n) is 4.49. The molecule has 0 atom stereocenters. The number of nitrogens with two attached hydrogens (primary N) is 2. The van der Waals surface area contributed by atoms with Gasteiger partial charge in [-0.1, -0.05) is 0 Å². The lowest BCUT2D eigenvalue weighted by atomic mass is 10.4. The zero-order chi connectivity index (χ0) is 11.0. The molecule has 0 radical (unpaired) electrons. The quantitative estimate of drug-likeness (QED) is 0.702. The summed E-state index contributed by atoms with van der Waals surface area (Å²) in [5, 5.41) is 4.27. The summed E-state index contributed by atoms with van der Waals surface area (Å²) in [4.78, 5) is 7.87. The fourth-order valence-electron chi connectivity index (χ4n) is 1.41. The average Bonchev–Trinajstić information content (AvgIpc) is 2.50. The Morgan fingerprint density at radius 2 is 1.93 bits per heavy atom. The molecule has 2 aromatic heterocycles. The zero-order valence-electron chi connectivity index (χ0n) is 8.60. The van der Waals surface area contributed by atoms with Gasteiger partial charge in [0, 0.05) is 5.69 Å². The van der Waals surface area contributed by atoms with Crippen molar-refractivity contribution in [1.29, 1.82) is 0 Å². The lowest BCUT2D eigenvalue weighted by molar-refractivity contribution is 0.804. The van der Waals surface area contributed by atoms with Crippen molar-refractivity contribution in [2.45, 2.75) is 13.8 Å². The number of nitrogens with zero attached hydrogens (tertiary/aromatic N) is 4. The molecule has 0 saturated carbocycles. The van der Waals surface area contributed by atoms with Crippen molar-refractivity contribution in [3.05, 3.63) is 23.8 Å². The SMILES string of the molecule is Cc1cc(C)n(-c2ncnc(N)c2N)n1. The van der Waals surface area contributed by atoms with Gasteiger partial charge in [0.1, 0.15) is 12.0 Å². The number of aromatic nitrogens is 4. The summed E-state index contributed by atoms with van der Waals surface area (Å²) in [6.45, 7) is 3.84. The highest BCUT2D eigenvalue weighted by Gasteiger charge is 2.10. The van der Waals surface area contributed by atoms with Crippen LogP contribution in [-0.4, -0.2) is 19.7 Å². The molecule has 0 aliphatic carbocycles. The van der Waals surface area contributed by atoms with Crippen LogP contribution in [0.1, 0.15) is 11.4 Å². The van der Waals surface area contributed by atoms with E-state index in [-0.39, 0.29) is 5.82 Å². The van der Waals surface area contributed by atoms with E-state index in [1.165, 1.54) is 6.33 Å². The summed E-state index contributed by atoms with van der Waals surface area (Å²) >= 11 is 0. The fourth-order valence-corrected chi connectivity index (χ4v) is 1.41. The van der Waals surface area contributed by atoms with Crippen molar-refractivity contribution in [3.8, 4) is 5.82 Å². The van der Waals surface area contributed by atoms with E-state index in [2.05, 4.69) is 15.1 Å². The number of rotatable bonds is 1. The van der Waals surface area contributed by atoms with Gasteiger partial charge in [-0.25, -0.2) is 14.6 Å². The third kappa shape index (κ3) is 1.50. The molecule has 15 heavy (non-hydrogen) atoms. The number of aryl methyl sites for hydroxylation is 2. The minimum absolute atomic E-state index is 0.271. The van der Waals surface area contributed by atoms with E-state index in [0.29, 0.717) is 11.5 Å². The van der Waals surface area contributed by atoms with Crippen LogP contribution >= 0.6 is 0 Å². The van der Waals surface area contributed by atoms with E-state index in [9.17, 15) is 0 Å². The molecule has 78 valence electrons. The molecule has 6 heteroatoms. The standard InChI is InChI=1S/C9H12N6/c1-5-3-6(2)15(14-5)9-7(10)8(11)12-4-13-9/h3-4H,10H2,1-2H3,(H2,11,12,13). The fraction of sp³-hybridized carbons (Fsp3) is 0.222. The van der Waals surface area contributed by atoms with Gasteiger partial charge in [0.25, 0.3) is 0 Å². The number of nitrogen functional groups attached to an aromatic ring is 2. The highest BCUT2D eigenvalue weighted by atomic mass is 15.3. The van der Waals surface area contributed by atoms with Gasteiger partial charge in [-0.05, 0) is 19.9 Å².